The van der Waals surface area contributed by atoms with Crippen LogP contribution in [0, 0.1) is 29.1 Å². The smallest absolute Gasteiger partial charge is 0.338 e. The molecule has 0 spiro atoms. The Hall–Kier alpha value is -2.54. The van der Waals surface area contributed by atoms with Crippen LogP contribution in [-0.2, 0) is 28.6 Å². The van der Waals surface area contributed by atoms with Crippen LogP contribution < -0.4 is 0 Å². The zero-order chi connectivity index (χ0) is 26.1. The molecule has 0 aromatic heterocycles. The minimum atomic E-state index is -0.869. The Kier molecular flexibility index (Phi) is 7.89. The van der Waals surface area contributed by atoms with E-state index >= 15 is 0 Å². The Morgan fingerprint density at radius 1 is 1.06 bits per heavy atom. The molecule has 2 fully saturated rings. The number of ether oxygens (including phenoxy) is 3. The highest BCUT2D eigenvalue weighted by molar-refractivity contribution is 5.98. The molecule has 1 saturated carbocycles. The maximum Gasteiger partial charge on any atom is 0.338 e. The molecule has 0 radical (unpaired) electrons. The fourth-order valence-electron chi connectivity index (χ4n) is 6.01. The van der Waals surface area contributed by atoms with Crippen molar-refractivity contribution in [1.29, 1.82) is 0 Å². The lowest BCUT2D eigenvalue weighted by molar-refractivity contribution is -0.147. The number of carbonyl (C=O) groups is 4. The summed E-state index contributed by atoms with van der Waals surface area (Å²) in [6.45, 7) is 13.1. The van der Waals surface area contributed by atoms with Gasteiger partial charge in [-0.15, -0.1) is 0 Å². The van der Waals surface area contributed by atoms with Crippen LogP contribution >= 0.6 is 0 Å². The van der Waals surface area contributed by atoms with Crippen molar-refractivity contribution in [3.63, 3.8) is 0 Å². The number of ketones is 2. The van der Waals surface area contributed by atoms with Gasteiger partial charge in [-0.3, -0.25) is 14.4 Å². The van der Waals surface area contributed by atoms with Gasteiger partial charge in [0.1, 0.15) is 23.6 Å². The molecule has 7 heteroatoms. The van der Waals surface area contributed by atoms with Crippen molar-refractivity contribution < 1.29 is 33.4 Å². The van der Waals surface area contributed by atoms with E-state index in [-0.39, 0.29) is 42.4 Å². The highest BCUT2D eigenvalue weighted by Gasteiger charge is 2.82. The molecule has 7 atom stereocenters. The lowest BCUT2D eigenvalue weighted by Gasteiger charge is -2.45. The predicted molar refractivity (Wildman–Crippen MR) is 130 cm³/mol. The maximum atomic E-state index is 13.5. The highest BCUT2D eigenvalue weighted by Crippen LogP contribution is 2.68. The number of esters is 2. The SMILES string of the molecule is CC(=O)OC[C@H](C)CCC(=O)[C@@H](C)[C@H]1C(=O)[C@H]2O[C@@]2(C(C)C)[C@]1(C)[C@@H](C)OC(=O)c1ccccc1. The highest BCUT2D eigenvalue weighted by atomic mass is 16.6. The van der Waals surface area contributed by atoms with Crippen molar-refractivity contribution in [2.75, 3.05) is 6.61 Å². The van der Waals surface area contributed by atoms with Gasteiger partial charge in [-0.2, -0.15) is 0 Å². The number of Topliss-reactive ketones (excluding diaryl/α,β-unsaturated/α-hetero) is 2. The first-order valence-electron chi connectivity index (χ1n) is 12.5. The monoisotopic (exact) mass is 486 g/mol. The van der Waals surface area contributed by atoms with Gasteiger partial charge in [0.05, 0.1) is 12.2 Å². The normalized spacial score (nSPS) is 29.8. The molecule has 0 amide bonds. The molecule has 35 heavy (non-hydrogen) atoms. The van der Waals surface area contributed by atoms with E-state index in [1.807, 2.05) is 33.8 Å². The Labute approximate surface area is 207 Å². The topological polar surface area (TPSA) is 99.3 Å². The van der Waals surface area contributed by atoms with E-state index in [1.54, 1.807) is 38.1 Å². The minimum absolute atomic E-state index is 0.00428. The summed E-state index contributed by atoms with van der Waals surface area (Å²) in [6.07, 6.45) is -0.408. The average molecular weight is 487 g/mol. The Balaban J connectivity index is 1.81. The van der Waals surface area contributed by atoms with Crippen LogP contribution in [-0.4, -0.2) is 47.9 Å². The van der Waals surface area contributed by atoms with Crippen molar-refractivity contribution in [1.82, 2.24) is 0 Å². The van der Waals surface area contributed by atoms with Crippen LogP contribution in [0.3, 0.4) is 0 Å². The summed E-state index contributed by atoms with van der Waals surface area (Å²) in [7, 11) is 0. The van der Waals surface area contributed by atoms with Crippen LogP contribution in [0.5, 0.6) is 0 Å². The van der Waals surface area contributed by atoms with Crippen molar-refractivity contribution in [3.8, 4) is 0 Å². The van der Waals surface area contributed by atoms with Gasteiger partial charge in [-0.05, 0) is 37.3 Å². The van der Waals surface area contributed by atoms with E-state index in [2.05, 4.69) is 0 Å². The number of carbonyl (C=O) groups excluding carboxylic acids is 4. The largest absolute Gasteiger partial charge is 0.466 e. The van der Waals surface area contributed by atoms with Crippen LogP contribution in [0.15, 0.2) is 30.3 Å². The second kappa shape index (κ2) is 10.2. The first-order valence-corrected chi connectivity index (χ1v) is 12.5. The molecular weight excluding hydrogens is 448 g/mol. The molecule has 3 rings (SSSR count). The molecule has 2 aliphatic rings. The molecule has 1 heterocycles. The van der Waals surface area contributed by atoms with Gasteiger partial charge in [-0.1, -0.05) is 52.8 Å². The first kappa shape index (κ1) is 27.1. The maximum absolute atomic E-state index is 13.5. The first-order chi connectivity index (χ1) is 16.4. The number of hydrogen-bond donors (Lipinski definition) is 0. The van der Waals surface area contributed by atoms with Crippen molar-refractivity contribution in [3.05, 3.63) is 35.9 Å². The fourth-order valence-corrected chi connectivity index (χ4v) is 6.01. The molecule has 0 bridgehead atoms. The molecular formula is C28H38O7. The zero-order valence-corrected chi connectivity index (χ0v) is 21.8. The van der Waals surface area contributed by atoms with E-state index < -0.39 is 41.0 Å². The third-order valence-electron chi connectivity index (χ3n) is 8.16. The summed E-state index contributed by atoms with van der Waals surface area (Å²) in [4.78, 5) is 50.7. The Morgan fingerprint density at radius 3 is 2.26 bits per heavy atom. The van der Waals surface area contributed by atoms with E-state index in [0.29, 0.717) is 12.0 Å². The van der Waals surface area contributed by atoms with E-state index in [9.17, 15) is 19.2 Å². The van der Waals surface area contributed by atoms with E-state index in [1.165, 1.54) is 6.92 Å². The van der Waals surface area contributed by atoms with Gasteiger partial charge in [0, 0.05) is 30.6 Å². The summed E-state index contributed by atoms with van der Waals surface area (Å²) in [6, 6.07) is 8.73. The molecule has 1 aromatic rings. The van der Waals surface area contributed by atoms with Crippen molar-refractivity contribution >= 4 is 23.5 Å². The lowest BCUT2D eigenvalue weighted by Crippen LogP contribution is -2.53. The number of hydrogen-bond acceptors (Lipinski definition) is 7. The number of benzene rings is 1. The number of rotatable bonds is 11. The molecule has 0 N–H and O–H groups in total. The van der Waals surface area contributed by atoms with Gasteiger partial charge >= 0.3 is 11.9 Å². The summed E-state index contributed by atoms with van der Waals surface area (Å²) >= 11 is 0. The molecule has 192 valence electrons. The van der Waals surface area contributed by atoms with Crippen LogP contribution in [0.4, 0.5) is 0 Å². The van der Waals surface area contributed by atoms with Gasteiger partial charge in [0.2, 0.25) is 0 Å². The molecule has 1 aliphatic heterocycles. The average Bonchev–Trinajstić information content (AvgIpc) is 3.55. The van der Waals surface area contributed by atoms with Crippen LogP contribution in [0.1, 0.15) is 71.7 Å². The summed E-state index contributed by atoms with van der Waals surface area (Å²) < 4.78 is 17.0. The summed E-state index contributed by atoms with van der Waals surface area (Å²) in [5, 5.41) is 0. The summed E-state index contributed by atoms with van der Waals surface area (Å²) in [5.41, 5.74) is -1.21. The van der Waals surface area contributed by atoms with E-state index in [4.69, 9.17) is 14.2 Å². The van der Waals surface area contributed by atoms with Crippen LogP contribution in [0.2, 0.25) is 0 Å². The molecule has 1 aromatic carbocycles. The molecule has 7 nitrogen and oxygen atoms in total. The van der Waals surface area contributed by atoms with Crippen molar-refractivity contribution in [2.24, 2.45) is 29.1 Å². The number of epoxide rings is 1. The standard InChI is InChI=1S/C28H38O7/c1-16(2)28-25(35-28)24(31)23(18(4)22(30)14-13-17(3)15-33-20(6)29)27(28,7)19(5)34-26(32)21-11-9-8-10-12-21/h8-12,16-19,23,25H,13-15H2,1-7H3/t17-,18-,19-,23+,25-,27-,28-/m1/s1. The van der Waals surface area contributed by atoms with Gasteiger partial charge < -0.3 is 14.2 Å². The Bertz CT molecular complexity index is 971. The number of fused-ring (bicyclic) bond motifs is 1. The second-order valence-electron chi connectivity index (χ2n) is 10.7. The lowest BCUT2D eigenvalue weighted by atomic mass is 9.61. The second-order valence-corrected chi connectivity index (χ2v) is 10.7. The predicted octanol–water partition coefficient (Wildman–Crippen LogP) is 4.42. The third kappa shape index (κ3) is 4.80. The summed E-state index contributed by atoms with van der Waals surface area (Å²) in [5.74, 6) is -2.08. The molecule has 1 saturated heterocycles. The van der Waals surface area contributed by atoms with E-state index in [0.717, 1.165) is 0 Å². The Morgan fingerprint density at radius 2 is 1.69 bits per heavy atom. The molecule has 1 aliphatic carbocycles. The third-order valence-corrected chi connectivity index (χ3v) is 8.16. The fraction of sp³-hybridized carbons (Fsp3) is 0.643. The van der Waals surface area contributed by atoms with Crippen LogP contribution in [0.25, 0.3) is 0 Å². The van der Waals surface area contributed by atoms with Crippen molar-refractivity contribution in [2.45, 2.75) is 79.1 Å². The zero-order valence-electron chi connectivity index (χ0n) is 21.8. The quantitative estimate of drug-likeness (QED) is 0.337. The van der Waals surface area contributed by atoms with Gasteiger partial charge in [0.15, 0.2) is 5.78 Å². The van der Waals surface area contributed by atoms with Gasteiger partial charge in [-0.25, -0.2) is 4.79 Å². The minimum Gasteiger partial charge on any atom is -0.466 e. The molecule has 0 unspecified atom stereocenters. The van der Waals surface area contributed by atoms with Gasteiger partial charge in [0.25, 0.3) is 0 Å².